The molecule has 0 fully saturated rings. The normalized spacial score (nSPS) is 13.5. The molecule has 8 nitrogen and oxygen atoms in total. The Morgan fingerprint density at radius 2 is 2.03 bits per heavy atom. The number of rotatable bonds is 7. The molecule has 9 heteroatoms. The molecule has 1 aliphatic heterocycles. The molecule has 0 bridgehead atoms. The van der Waals surface area contributed by atoms with Gasteiger partial charge in [-0.15, -0.1) is 0 Å². The van der Waals surface area contributed by atoms with E-state index in [4.69, 9.17) is 4.74 Å². The molecule has 1 unspecified atom stereocenters. The Labute approximate surface area is 202 Å². The van der Waals surface area contributed by atoms with Gasteiger partial charge in [-0.05, 0) is 18.1 Å². The van der Waals surface area contributed by atoms with Gasteiger partial charge in [0.15, 0.2) is 5.82 Å². The van der Waals surface area contributed by atoms with Gasteiger partial charge in [-0.1, -0.05) is 25.1 Å². The van der Waals surface area contributed by atoms with Crippen molar-refractivity contribution >= 4 is 22.6 Å². The van der Waals surface area contributed by atoms with Crippen LogP contribution in [0.1, 0.15) is 46.4 Å². The molecule has 178 valence electrons. The van der Waals surface area contributed by atoms with Crippen molar-refractivity contribution in [2.45, 2.75) is 32.5 Å². The number of nitrogens with one attached hydrogen (secondary N) is 2. The highest BCUT2D eigenvalue weighted by molar-refractivity contribution is 6.06. The van der Waals surface area contributed by atoms with Gasteiger partial charge >= 0.3 is 0 Å². The second-order valence-electron chi connectivity index (χ2n) is 8.40. The van der Waals surface area contributed by atoms with Crippen LogP contribution in [-0.2, 0) is 18.0 Å². The number of amides is 1. The molecule has 1 aromatic carbocycles. The zero-order valence-corrected chi connectivity index (χ0v) is 19.5. The number of ether oxygens (including phenoxy) is 1. The average Bonchev–Trinajstić information content (AvgIpc) is 3.37. The first kappa shape index (κ1) is 22.8. The predicted molar refractivity (Wildman–Crippen MR) is 130 cm³/mol. The minimum absolute atomic E-state index is 0.0101. The lowest BCUT2D eigenvalue weighted by Crippen LogP contribution is -2.20. The molecule has 1 atom stereocenters. The van der Waals surface area contributed by atoms with Crippen molar-refractivity contribution in [3.8, 4) is 11.3 Å². The molecule has 0 spiro atoms. The van der Waals surface area contributed by atoms with E-state index in [0.29, 0.717) is 36.5 Å². The molecule has 0 radical (unpaired) electrons. The second-order valence-corrected chi connectivity index (χ2v) is 8.40. The number of fused-ring (bicyclic) bond motifs is 2. The minimum Gasteiger partial charge on any atom is -0.370 e. The average molecular weight is 473 g/mol. The van der Waals surface area contributed by atoms with Crippen LogP contribution < -0.4 is 10.6 Å². The third-order valence-electron chi connectivity index (χ3n) is 6.32. The fraction of sp³-hybridized carbons (Fsp3) is 0.269. The molecule has 5 rings (SSSR count). The summed E-state index contributed by atoms with van der Waals surface area (Å²) in [5.74, 6) is -0.359. The smallest absolute Gasteiger partial charge is 0.254 e. The summed E-state index contributed by atoms with van der Waals surface area (Å²) < 4.78 is 19.9. The summed E-state index contributed by atoms with van der Waals surface area (Å²) in [4.78, 5) is 29.9. The lowest BCUT2D eigenvalue weighted by atomic mass is 9.92. The van der Waals surface area contributed by atoms with Gasteiger partial charge in [-0.25, -0.2) is 14.4 Å². The number of para-hydroxylation sites is 1. The highest BCUT2D eigenvalue weighted by Crippen LogP contribution is 2.30. The number of anilines is 1. The van der Waals surface area contributed by atoms with E-state index in [1.54, 1.807) is 12.3 Å². The lowest BCUT2D eigenvalue weighted by molar-refractivity contribution is 0.0960. The molecule has 2 N–H and O–H groups in total. The Kier molecular flexibility index (Phi) is 6.33. The molecule has 0 saturated carbocycles. The maximum absolute atomic E-state index is 14.4. The van der Waals surface area contributed by atoms with E-state index >= 15 is 0 Å². The summed E-state index contributed by atoms with van der Waals surface area (Å²) in [5, 5.41) is 6.41. The predicted octanol–water partition coefficient (Wildman–Crippen LogP) is 4.22. The van der Waals surface area contributed by atoms with E-state index < -0.39 is 11.7 Å². The Hall–Kier alpha value is -3.98. The molecule has 4 aromatic rings. The topological polar surface area (TPSA) is 102 Å². The van der Waals surface area contributed by atoms with Crippen molar-refractivity contribution in [2.24, 2.45) is 0 Å². The highest BCUT2D eigenvalue weighted by atomic mass is 19.1. The highest BCUT2D eigenvalue weighted by Gasteiger charge is 2.20. The zero-order chi connectivity index (χ0) is 24.4. The van der Waals surface area contributed by atoms with Gasteiger partial charge in [-0.3, -0.25) is 14.8 Å². The molecule has 0 saturated heterocycles. The van der Waals surface area contributed by atoms with Crippen molar-refractivity contribution in [3.05, 3.63) is 77.3 Å². The lowest BCUT2D eigenvalue weighted by Gasteiger charge is -2.19. The van der Waals surface area contributed by atoms with Gasteiger partial charge in [-0.2, -0.15) is 0 Å². The van der Waals surface area contributed by atoms with Gasteiger partial charge < -0.3 is 15.4 Å². The van der Waals surface area contributed by atoms with Crippen LogP contribution in [0.5, 0.6) is 0 Å². The number of carbonyl (C=O) groups excluding carboxylic acids is 1. The standard InChI is InChI=1S/C26H25FN6O2/c1-3-15(18-5-4-6-19-24(26(34)28-2)20(27)11-31-25(18)19)9-30-23-8-21(32-14-33-23)16-7-17-12-35-13-22(17)29-10-16/h4-8,10-11,14-15H,3,9,12-13H2,1-2H3,(H,28,34)(H,30,32,33). The fourth-order valence-electron chi connectivity index (χ4n) is 4.41. The number of hydrogen-bond donors (Lipinski definition) is 2. The van der Waals surface area contributed by atoms with Crippen LogP contribution in [0.4, 0.5) is 10.2 Å². The van der Waals surface area contributed by atoms with Crippen molar-refractivity contribution in [1.82, 2.24) is 25.3 Å². The van der Waals surface area contributed by atoms with Crippen molar-refractivity contribution in [2.75, 3.05) is 18.9 Å². The Balaban J connectivity index is 1.40. The molecule has 4 heterocycles. The third kappa shape index (κ3) is 4.42. The quantitative estimate of drug-likeness (QED) is 0.415. The molecular formula is C26H25FN6O2. The van der Waals surface area contributed by atoms with Gasteiger partial charge in [0.2, 0.25) is 0 Å². The second kappa shape index (κ2) is 9.71. The van der Waals surface area contributed by atoms with E-state index in [2.05, 4.69) is 43.6 Å². The third-order valence-corrected chi connectivity index (χ3v) is 6.32. The first-order valence-electron chi connectivity index (χ1n) is 11.5. The van der Waals surface area contributed by atoms with E-state index in [1.807, 2.05) is 18.2 Å². The number of halogens is 1. The van der Waals surface area contributed by atoms with E-state index in [-0.39, 0.29) is 11.5 Å². The van der Waals surface area contributed by atoms with Crippen LogP contribution in [0, 0.1) is 5.82 Å². The van der Waals surface area contributed by atoms with Gasteiger partial charge in [0.25, 0.3) is 5.91 Å². The molecule has 1 amide bonds. The summed E-state index contributed by atoms with van der Waals surface area (Å²) in [6, 6.07) is 9.49. The largest absolute Gasteiger partial charge is 0.370 e. The van der Waals surface area contributed by atoms with Crippen molar-refractivity contribution in [1.29, 1.82) is 0 Å². The number of carbonyl (C=O) groups is 1. The first-order chi connectivity index (χ1) is 17.1. The van der Waals surface area contributed by atoms with Crippen LogP contribution in [0.2, 0.25) is 0 Å². The number of nitrogens with zero attached hydrogens (tertiary/aromatic N) is 4. The van der Waals surface area contributed by atoms with Crippen LogP contribution >= 0.6 is 0 Å². The summed E-state index contributed by atoms with van der Waals surface area (Å²) in [5.41, 5.74) is 5.31. The van der Waals surface area contributed by atoms with E-state index in [9.17, 15) is 9.18 Å². The molecule has 0 aliphatic carbocycles. The minimum atomic E-state index is -0.638. The number of benzene rings is 1. The maximum atomic E-state index is 14.4. The first-order valence-corrected chi connectivity index (χ1v) is 11.5. The summed E-state index contributed by atoms with van der Waals surface area (Å²) in [7, 11) is 1.49. The number of aromatic nitrogens is 4. The van der Waals surface area contributed by atoms with E-state index in [0.717, 1.165) is 40.7 Å². The number of hydrogen-bond acceptors (Lipinski definition) is 7. The Morgan fingerprint density at radius 3 is 2.86 bits per heavy atom. The Morgan fingerprint density at radius 1 is 1.14 bits per heavy atom. The summed E-state index contributed by atoms with van der Waals surface area (Å²) >= 11 is 0. The molecular weight excluding hydrogens is 447 g/mol. The summed E-state index contributed by atoms with van der Waals surface area (Å²) in [6.45, 7) is 3.77. The van der Waals surface area contributed by atoms with Crippen LogP contribution in [0.3, 0.4) is 0 Å². The molecule has 1 aliphatic rings. The van der Waals surface area contributed by atoms with E-state index in [1.165, 1.54) is 13.4 Å². The summed E-state index contributed by atoms with van der Waals surface area (Å²) in [6.07, 6.45) is 5.26. The molecule has 3 aromatic heterocycles. The van der Waals surface area contributed by atoms with Gasteiger partial charge in [0.05, 0.1) is 41.9 Å². The van der Waals surface area contributed by atoms with Gasteiger partial charge in [0, 0.05) is 48.3 Å². The van der Waals surface area contributed by atoms with Crippen molar-refractivity contribution < 1.29 is 13.9 Å². The Bertz CT molecular complexity index is 1410. The zero-order valence-electron chi connectivity index (χ0n) is 19.5. The fourth-order valence-corrected chi connectivity index (χ4v) is 4.41. The van der Waals surface area contributed by atoms with Crippen LogP contribution in [0.25, 0.3) is 22.2 Å². The molecule has 35 heavy (non-hydrogen) atoms. The maximum Gasteiger partial charge on any atom is 0.254 e. The van der Waals surface area contributed by atoms with Crippen LogP contribution in [-0.4, -0.2) is 39.4 Å². The van der Waals surface area contributed by atoms with Crippen LogP contribution in [0.15, 0.2) is 49.1 Å². The number of pyridine rings is 2. The SMILES string of the molecule is CCC(CNc1cc(-c2cnc3c(c2)COC3)ncn1)c1cccc2c(C(=O)NC)c(F)cnc12. The van der Waals surface area contributed by atoms with Crippen molar-refractivity contribution in [3.63, 3.8) is 0 Å². The van der Waals surface area contributed by atoms with Gasteiger partial charge in [0.1, 0.15) is 12.1 Å². The monoisotopic (exact) mass is 472 g/mol.